The molecular weight excluding hydrogens is 192 g/mol. The van der Waals surface area contributed by atoms with Gasteiger partial charge < -0.3 is 15.7 Å². The van der Waals surface area contributed by atoms with Crippen LogP contribution in [0, 0.1) is 0 Å². The van der Waals surface area contributed by atoms with Crippen LogP contribution in [0.1, 0.15) is 24.2 Å². The zero-order valence-electron chi connectivity index (χ0n) is 9.61. The largest absolute Gasteiger partial charge is 0.505 e. The van der Waals surface area contributed by atoms with Crippen molar-refractivity contribution < 1.29 is 9.90 Å². The molecule has 0 aliphatic carbocycles. The van der Waals surface area contributed by atoms with Crippen LogP contribution in [0.4, 0.5) is 5.69 Å². The summed E-state index contributed by atoms with van der Waals surface area (Å²) in [7, 11) is 3.23. The number of aromatic hydroxyl groups is 1. The first-order chi connectivity index (χ1) is 7.04. The smallest absolute Gasteiger partial charge is 0.257 e. The van der Waals surface area contributed by atoms with Crippen LogP contribution in [0.3, 0.4) is 0 Å². The lowest BCUT2D eigenvalue weighted by molar-refractivity contribution is 0.0825. The topological polar surface area (TPSA) is 66.6 Å². The second-order valence-electron chi connectivity index (χ2n) is 2.94. The summed E-state index contributed by atoms with van der Waals surface area (Å²) in [6, 6.07) is 4.71. The number of carbonyl (C=O) groups is 1. The van der Waals surface area contributed by atoms with Gasteiger partial charge in [-0.1, -0.05) is 19.9 Å². The van der Waals surface area contributed by atoms with Gasteiger partial charge in [0.15, 0.2) is 5.75 Å². The summed E-state index contributed by atoms with van der Waals surface area (Å²) in [6.45, 7) is 4.00. The number of amides is 1. The van der Waals surface area contributed by atoms with Crippen LogP contribution in [0.5, 0.6) is 5.75 Å². The van der Waals surface area contributed by atoms with E-state index in [1.165, 1.54) is 11.0 Å². The van der Waals surface area contributed by atoms with E-state index in [0.717, 1.165) is 0 Å². The minimum Gasteiger partial charge on any atom is -0.505 e. The van der Waals surface area contributed by atoms with Crippen LogP contribution in [0.25, 0.3) is 0 Å². The van der Waals surface area contributed by atoms with Crippen molar-refractivity contribution in [1.29, 1.82) is 0 Å². The number of hydrogen-bond acceptors (Lipinski definition) is 3. The third-order valence-corrected chi connectivity index (χ3v) is 1.70. The van der Waals surface area contributed by atoms with E-state index < -0.39 is 0 Å². The SMILES string of the molecule is CC.CN(C)C(=O)c1cccc(N)c1O. The number of para-hydroxylation sites is 1. The van der Waals surface area contributed by atoms with Crippen molar-refractivity contribution in [2.24, 2.45) is 0 Å². The molecule has 0 atom stereocenters. The molecule has 15 heavy (non-hydrogen) atoms. The van der Waals surface area contributed by atoms with E-state index in [4.69, 9.17) is 5.73 Å². The quantitative estimate of drug-likeness (QED) is 0.547. The second-order valence-corrected chi connectivity index (χ2v) is 2.94. The van der Waals surface area contributed by atoms with Crippen molar-refractivity contribution in [1.82, 2.24) is 4.90 Å². The number of nitrogens with zero attached hydrogens (tertiary/aromatic N) is 1. The van der Waals surface area contributed by atoms with Crippen molar-refractivity contribution in [3.8, 4) is 5.75 Å². The Morgan fingerprint density at radius 1 is 1.33 bits per heavy atom. The van der Waals surface area contributed by atoms with Gasteiger partial charge in [-0.05, 0) is 12.1 Å². The van der Waals surface area contributed by atoms with Gasteiger partial charge in [-0.15, -0.1) is 0 Å². The van der Waals surface area contributed by atoms with Crippen molar-refractivity contribution in [3.05, 3.63) is 23.8 Å². The van der Waals surface area contributed by atoms with Crippen LogP contribution in [0.2, 0.25) is 0 Å². The lowest BCUT2D eigenvalue weighted by atomic mass is 10.1. The van der Waals surface area contributed by atoms with E-state index in [9.17, 15) is 9.90 Å². The molecule has 0 saturated heterocycles. The molecule has 0 aromatic heterocycles. The van der Waals surface area contributed by atoms with Gasteiger partial charge in [-0.3, -0.25) is 4.79 Å². The highest BCUT2D eigenvalue weighted by atomic mass is 16.3. The van der Waals surface area contributed by atoms with Gasteiger partial charge in [0.2, 0.25) is 0 Å². The molecule has 1 amide bonds. The molecule has 0 bridgehead atoms. The third kappa shape index (κ3) is 3.16. The van der Waals surface area contributed by atoms with E-state index in [1.807, 2.05) is 13.8 Å². The fourth-order valence-electron chi connectivity index (χ4n) is 0.975. The fraction of sp³-hybridized carbons (Fsp3) is 0.364. The van der Waals surface area contributed by atoms with E-state index in [-0.39, 0.29) is 22.9 Å². The van der Waals surface area contributed by atoms with Gasteiger partial charge in [-0.2, -0.15) is 0 Å². The van der Waals surface area contributed by atoms with Crippen molar-refractivity contribution >= 4 is 11.6 Å². The Kier molecular flexibility index (Phi) is 5.23. The Labute approximate surface area is 90.3 Å². The molecule has 0 aliphatic rings. The molecule has 1 rings (SSSR count). The molecule has 1 aromatic carbocycles. The maximum absolute atomic E-state index is 11.4. The summed E-state index contributed by atoms with van der Waals surface area (Å²) in [4.78, 5) is 12.8. The fourth-order valence-corrected chi connectivity index (χ4v) is 0.975. The highest BCUT2D eigenvalue weighted by Gasteiger charge is 2.13. The van der Waals surface area contributed by atoms with Gasteiger partial charge in [0.05, 0.1) is 11.3 Å². The predicted molar refractivity (Wildman–Crippen MR) is 61.9 cm³/mol. The maximum atomic E-state index is 11.4. The molecule has 0 fully saturated rings. The molecule has 84 valence electrons. The lowest BCUT2D eigenvalue weighted by Gasteiger charge is -2.11. The zero-order valence-corrected chi connectivity index (χ0v) is 9.61. The molecular formula is C11H18N2O2. The van der Waals surface area contributed by atoms with Crippen molar-refractivity contribution in [3.63, 3.8) is 0 Å². The van der Waals surface area contributed by atoms with Gasteiger partial charge >= 0.3 is 0 Å². The Bertz CT molecular complexity index is 335. The monoisotopic (exact) mass is 210 g/mol. The van der Waals surface area contributed by atoms with Crippen LogP contribution in [-0.2, 0) is 0 Å². The summed E-state index contributed by atoms with van der Waals surface area (Å²) in [5.41, 5.74) is 5.88. The third-order valence-electron chi connectivity index (χ3n) is 1.70. The molecule has 0 spiro atoms. The molecule has 0 aliphatic heterocycles. The number of phenols is 1. The Balaban J connectivity index is 0.000000921. The second kappa shape index (κ2) is 5.90. The van der Waals surface area contributed by atoms with Crippen molar-refractivity contribution in [2.45, 2.75) is 13.8 Å². The summed E-state index contributed by atoms with van der Waals surface area (Å²) in [5.74, 6) is -0.411. The highest BCUT2D eigenvalue weighted by Crippen LogP contribution is 2.24. The van der Waals surface area contributed by atoms with E-state index in [0.29, 0.717) is 0 Å². The van der Waals surface area contributed by atoms with Gasteiger partial charge in [0.25, 0.3) is 5.91 Å². The number of nitrogen functional groups attached to an aromatic ring is 1. The number of nitrogens with two attached hydrogens (primary N) is 1. The normalized spacial score (nSPS) is 8.80. The number of benzene rings is 1. The van der Waals surface area contributed by atoms with Crippen molar-refractivity contribution in [2.75, 3.05) is 19.8 Å². The molecule has 3 N–H and O–H groups in total. The van der Waals surface area contributed by atoms with Crippen LogP contribution < -0.4 is 5.73 Å². The minimum absolute atomic E-state index is 0.152. The Hall–Kier alpha value is -1.71. The van der Waals surface area contributed by atoms with Crippen LogP contribution in [-0.4, -0.2) is 30.0 Å². The van der Waals surface area contributed by atoms with Crippen LogP contribution >= 0.6 is 0 Å². The Morgan fingerprint density at radius 3 is 2.33 bits per heavy atom. The number of anilines is 1. The summed E-state index contributed by atoms with van der Waals surface area (Å²) in [6.07, 6.45) is 0. The van der Waals surface area contributed by atoms with Gasteiger partial charge in [0.1, 0.15) is 0 Å². The number of hydrogen-bond donors (Lipinski definition) is 2. The molecule has 0 heterocycles. The lowest BCUT2D eigenvalue weighted by Crippen LogP contribution is -2.21. The molecule has 4 nitrogen and oxygen atoms in total. The standard InChI is InChI=1S/C9H12N2O2.C2H6/c1-11(2)9(13)6-4-3-5-7(10)8(6)12;1-2/h3-5,12H,10H2,1-2H3;1-2H3. The van der Waals surface area contributed by atoms with E-state index >= 15 is 0 Å². The highest BCUT2D eigenvalue weighted by molar-refractivity contribution is 5.98. The average molecular weight is 210 g/mol. The summed E-state index contributed by atoms with van der Waals surface area (Å²) in [5, 5.41) is 9.44. The average Bonchev–Trinajstić information content (AvgIpc) is 2.24. The van der Waals surface area contributed by atoms with E-state index in [2.05, 4.69) is 0 Å². The predicted octanol–water partition coefficient (Wildman–Crippen LogP) is 1.70. The number of rotatable bonds is 1. The molecule has 4 heteroatoms. The summed E-state index contributed by atoms with van der Waals surface area (Å²) < 4.78 is 0. The molecule has 1 aromatic rings. The van der Waals surface area contributed by atoms with Gasteiger partial charge in [-0.25, -0.2) is 0 Å². The molecule has 0 radical (unpaired) electrons. The number of phenolic OH excluding ortho intramolecular Hbond substituents is 1. The first-order valence-electron chi connectivity index (χ1n) is 4.83. The minimum atomic E-state index is -0.259. The van der Waals surface area contributed by atoms with Gasteiger partial charge in [0, 0.05) is 14.1 Å². The summed E-state index contributed by atoms with van der Waals surface area (Å²) >= 11 is 0. The zero-order chi connectivity index (χ0) is 12.0. The van der Waals surface area contributed by atoms with Crippen LogP contribution in [0.15, 0.2) is 18.2 Å². The first-order valence-corrected chi connectivity index (χ1v) is 4.83. The maximum Gasteiger partial charge on any atom is 0.257 e. The molecule has 0 unspecified atom stereocenters. The van der Waals surface area contributed by atoms with E-state index in [1.54, 1.807) is 26.2 Å². The Morgan fingerprint density at radius 2 is 1.87 bits per heavy atom. The molecule has 0 saturated carbocycles. The number of carbonyl (C=O) groups excluding carboxylic acids is 1. The first kappa shape index (κ1) is 13.3.